The number of nitrogens with zero attached hydrogens (tertiary/aromatic N) is 1. The van der Waals surface area contributed by atoms with Gasteiger partial charge in [-0.25, -0.2) is 0 Å². The quantitative estimate of drug-likeness (QED) is 0.724. The number of anilines is 1. The number of nitrogens with one attached hydrogen (secondary N) is 1. The zero-order chi connectivity index (χ0) is 16.9. The molecule has 0 bridgehead atoms. The molecule has 0 aliphatic heterocycles. The fourth-order valence-electron chi connectivity index (χ4n) is 2.31. The summed E-state index contributed by atoms with van der Waals surface area (Å²) in [6, 6.07) is 20.5. The number of hydrogen-bond acceptors (Lipinski definition) is 3. The van der Waals surface area contributed by atoms with E-state index in [0.717, 1.165) is 15.2 Å². The van der Waals surface area contributed by atoms with Crippen molar-refractivity contribution in [3.8, 4) is 11.8 Å². The number of benzene rings is 3. The van der Waals surface area contributed by atoms with E-state index < -0.39 is 0 Å². The minimum atomic E-state index is -0.311. The highest BCUT2D eigenvalue weighted by Crippen LogP contribution is 2.24. The Morgan fingerprint density at radius 3 is 2.67 bits per heavy atom. The topological polar surface area (TPSA) is 62.1 Å². The molecule has 1 N–H and O–H groups in total. The predicted octanol–water partition coefficient (Wildman–Crippen LogP) is 4.49. The van der Waals surface area contributed by atoms with Gasteiger partial charge in [0.05, 0.1) is 11.3 Å². The maximum absolute atomic E-state index is 12.0. The number of hydrogen-bond donors (Lipinski definition) is 1. The molecule has 0 fully saturated rings. The van der Waals surface area contributed by atoms with E-state index in [0.29, 0.717) is 17.0 Å². The Kier molecular flexibility index (Phi) is 4.78. The Balaban J connectivity index is 1.66. The Morgan fingerprint density at radius 1 is 1.08 bits per heavy atom. The number of ether oxygens (including phenoxy) is 1. The first kappa shape index (κ1) is 16.0. The maximum atomic E-state index is 12.0. The van der Waals surface area contributed by atoms with Crippen LogP contribution in [0.15, 0.2) is 65.1 Å². The van der Waals surface area contributed by atoms with Gasteiger partial charge in [-0.05, 0) is 47.2 Å². The lowest BCUT2D eigenvalue weighted by atomic mass is 10.1. The molecule has 0 heterocycles. The summed E-state index contributed by atoms with van der Waals surface area (Å²) >= 11 is 3.44. The molecule has 24 heavy (non-hydrogen) atoms. The summed E-state index contributed by atoms with van der Waals surface area (Å²) in [5.41, 5.74) is 0.902. The van der Waals surface area contributed by atoms with Crippen molar-refractivity contribution in [3.63, 3.8) is 0 Å². The smallest absolute Gasteiger partial charge is 0.262 e. The Hall–Kier alpha value is -2.84. The van der Waals surface area contributed by atoms with Crippen LogP contribution in [-0.4, -0.2) is 12.5 Å². The summed E-state index contributed by atoms with van der Waals surface area (Å²) in [5, 5.41) is 13.8. The van der Waals surface area contributed by atoms with E-state index in [2.05, 4.69) is 21.2 Å². The highest BCUT2D eigenvalue weighted by Gasteiger charge is 2.07. The largest absolute Gasteiger partial charge is 0.484 e. The van der Waals surface area contributed by atoms with Crippen LogP contribution in [0.1, 0.15) is 5.56 Å². The van der Waals surface area contributed by atoms with E-state index in [4.69, 9.17) is 10.00 Å². The first-order valence-electron chi connectivity index (χ1n) is 7.27. The first-order valence-corrected chi connectivity index (χ1v) is 8.06. The molecule has 0 aromatic heterocycles. The molecular formula is C19H13BrN2O2. The van der Waals surface area contributed by atoms with E-state index >= 15 is 0 Å². The third kappa shape index (κ3) is 3.73. The van der Waals surface area contributed by atoms with Gasteiger partial charge >= 0.3 is 0 Å². The summed E-state index contributed by atoms with van der Waals surface area (Å²) in [6.45, 7) is -0.123. The van der Waals surface area contributed by atoms with E-state index in [1.165, 1.54) is 0 Å². The molecule has 1 amide bonds. The number of fused-ring (bicyclic) bond motifs is 1. The van der Waals surface area contributed by atoms with Crippen molar-refractivity contribution in [2.45, 2.75) is 0 Å². The van der Waals surface area contributed by atoms with Crippen LogP contribution in [0.2, 0.25) is 0 Å². The van der Waals surface area contributed by atoms with E-state index in [-0.39, 0.29) is 12.5 Å². The molecular weight excluding hydrogens is 368 g/mol. The van der Waals surface area contributed by atoms with E-state index in [1.54, 1.807) is 24.3 Å². The molecule has 4 nitrogen and oxygen atoms in total. The van der Waals surface area contributed by atoms with Gasteiger partial charge < -0.3 is 10.1 Å². The summed E-state index contributed by atoms with van der Waals surface area (Å²) < 4.78 is 6.56. The lowest BCUT2D eigenvalue weighted by Gasteiger charge is -2.09. The molecule has 5 heteroatoms. The molecule has 3 aromatic carbocycles. The molecule has 3 aromatic rings. The standard InChI is InChI=1S/C19H13BrN2O2/c20-16-7-5-14-10-17(8-6-13(14)9-16)24-12-19(23)22-18-4-2-1-3-15(18)11-21/h1-10H,12H2,(H,22,23). The van der Waals surface area contributed by atoms with Crippen LogP contribution >= 0.6 is 15.9 Å². The van der Waals surface area contributed by atoms with E-state index in [1.807, 2.05) is 42.5 Å². The predicted molar refractivity (Wildman–Crippen MR) is 96.9 cm³/mol. The summed E-state index contributed by atoms with van der Waals surface area (Å²) in [6.07, 6.45) is 0. The molecule has 0 spiro atoms. The number of para-hydroxylation sites is 1. The third-order valence-electron chi connectivity index (χ3n) is 3.47. The monoisotopic (exact) mass is 380 g/mol. The van der Waals surface area contributed by atoms with Gasteiger partial charge in [-0.2, -0.15) is 5.26 Å². The van der Waals surface area contributed by atoms with Gasteiger partial charge in [0.2, 0.25) is 0 Å². The van der Waals surface area contributed by atoms with Gasteiger partial charge in [0, 0.05) is 4.47 Å². The fourth-order valence-corrected chi connectivity index (χ4v) is 2.69. The van der Waals surface area contributed by atoms with Crippen molar-refractivity contribution in [2.24, 2.45) is 0 Å². The second kappa shape index (κ2) is 7.16. The van der Waals surface area contributed by atoms with Crippen molar-refractivity contribution in [3.05, 3.63) is 70.7 Å². The van der Waals surface area contributed by atoms with Gasteiger partial charge in [0.25, 0.3) is 5.91 Å². The van der Waals surface area contributed by atoms with Crippen LogP contribution in [0.4, 0.5) is 5.69 Å². The molecule has 0 unspecified atom stereocenters. The van der Waals surface area contributed by atoms with Crippen LogP contribution in [0.3, 0.4) is 0 Å². The molecule has 3 rings (SSSR count). The van der Waals surface area contributed by atoms with Crippen LogP contribution in [0, 0.1) is 11.3 Å². The normalized spacial score (nSPS) is 10.2. The van der Waals surface area contributed by atoms with Gasteiger partial charge in [0.15, 0.2) is 6.61 Å². The Bertz CT molecular complexity index is 947. The highest BCUT2D eigenvalue weighted by molar-refractivity contribution is 9.10. The van der Waals surface area contributed by atoms with Gasteiger partial charge in [-0.3, -0.25) is 4.79 Å². The number of nitriles is 1. The van der Waals surface area contributed by atoms with Crippen LogP contribution in [0.5, 0.6) is 5.75 Å². The number of rotatable bonds is 4. The van der Waals surface area contributed by atoms with Gasteiger partial charge in [-0.1, -0.05) is 40.2 Å². The number of carbonyl (C=O) groups excluding carboxylic acids is 1. The van der Waals surface area contributed by atoms with Crippen LogP contribution < -0.4 is 10.1 Å². The molecule has 0 atom stereocenters. The average molecular weight is 381 g/mol. The zero-order valence-corrected chi connectivity index (χ0v) is 14.2. The SMILES string of the molecule is N#Cc1ccccc1NC(=O)COc1ccc2cc(Br)ccc2c1. The molecule has 0 aliphatic rings. The van der Waals surface area contributed by atoms with Gasteiger partial charge in [0.1, 0.15) is 11.8 Å². The lowest BCUT2D eigenvalue weighted by Crippen LogP contribution is -2.20. The number of carbonyl (C=O) groups is 1. The number of halogens is 1. The summed E-state index contributed by atoms with van der Waals surface area (Å²) in [7, 11) is 0. The maximum Gasteiger partial charge on any atom is 0.262 e. The van der Waals surface area contributed by atoms with Crippen molar-refractivity contribution >= 4 is 38.3 Å². The van der Waals surface area contributed by atoms with Crippen molar-refractivity contribution in [1.29, 1.82) is 5.26 Å². The molecule has 118 valence electrons. The average Bonchev–Trinajstić information content (AvgIpc) is 2.60. The van der Waals surface area contributed by atoms with E-state index in [9.17, 15) is 4.79 Å². The fraction of sp³-hybridized carbons (Fsp3) is 0.0526. The second-order valence-corrected chi connectivity index (χ2v) is 6.06. The van der Waals surface area contributed by atoms with Gasteiger partial charge in [-0.15, -0.1) is 0 Å². The molecule has 0 radical (unpaired) electrons. The second-order valence-electron chi connectivity index (χ2n) is 5.15. The zero-order valence-electron chi connectivity index (χ0n) is 12.6. The summed E-state index contributed by atoms with van der Waals surface area (Å²) in [4.78, 5) is 12.0. The van der Waals surface area contributed by atoms with Crippen molar-refractivity contribution in [1.82, 2.24) is 0 Å². The van der Waals surface area contributed by atoms with Crippen molar-refractivity contribution in [2.75, 3.05) is 11.9 Å². The van der Waals surface area contributed by atoms with Crippen molar-refractivity contribution < 1.29 is 9.53 Å². The minimum absolute atomic E-state index is 0.123. The molecule has 0 aliphatic carbocycles. The minimum Gasteiger partial charge on any atom is -0.484 e. The Labute approximate surface area is 147 Å². The lowest BCUT2D eigenvalue weighted by molar-refractivity contribution is -0.118. The molecule has 0 saturated carbocycles. The summed E-state index contributed by atoms with van der Waals surface area (Å²) in [5.74, 6) is 0.308. The van der Waals surface area contributed by atoms with Crippen LogP contribution in [-0.2, 0) is 4.79 Å². The highest BCUT2D eigenvalue weighted by atomic mass is 79.9. The first-order chi connectivity index (χ1) is 11.7. The Morgan fingerprint density at radius 2 is 1.83 bits per heavy atom. The van der Waals surface area contributed by atoms with Crippen LogP contribution in [0.25, 0.3) is 10.8 Å². The third-order valence-corrected chi connectivity index (χ3v) is 3.96. The number of amides is 1. The molecule has 0 saturated heterocycles.